The zero-order chi connectivity index (χ0) is 14.0. The van der Waals surface area contributed by atoms with Crippen LogP contribution in [0.4, 0.5) is 5.69 Å². The Bertz CT molecular complexity index is 473. The Morgan fingerprint density at radius 3 is 2.63 bits per heavy atom. The van der Waals surface area contributed by atoms with E-state index in [0.29, 0.717) is 6.42 Å². The van der Waals surface area contributed by atoms with E-state index in [4.69, 9.17) is 0 Å². The van der Waals surface area contributed by atoms with Gasteiger partial charge in [-0.15, -0.1) is 0 Å². The first kappa shape index (κ1) is 13.5. The van der Waals surface area contributed by atoms with Gasteiger partial charge in [0.2, 0.25) is 11.8 Å². The van der Waals surface area contributed by atoms with Gasteiger partial charge < -0.3 is 15.3 Å². The third-order valence-electron chi connectivity index (χ3n) is 3.28. The van der Waals surface area contributed by atoms with Gasteiger partial charge in [0.05, 0.1) is 0 Å². The van der Waals surface area contributed by atoms with Crippen molar-refractivity contribution in [3.05, 3.63) is 30.3 Å². The topological polar surface area (TPSA) is 69.6 Å². The average Bonchev–Trinajstić information content (AvgIpc) is 2.65. The SMILES string of the molecule is CC(O)C(=O)NC1CC(C)N(c2ccccc2)C1=O. The van der Waals surface area contributed by atoms with Crippen LogP contribution < -0.4 is 10.2 Å². The van der Waals surface area contributed by atoms with Gasteiger partial charge in [-0.1, -0.05) is 18.2 Å². The lowest BCUT2D eigenvalue weighted by Crippen LogP contribution is -2.45. The van der Waals surface area contributed by atoms with Crippen molar-refractivity contribution in [3.8, 4) is 0 Å². The molecule has 0 spiro atoms. The highest BCUT2D eigenvalue weighted by atomic mass is 16.3. The molecule has 1 aromatic carbocycles. The van der Waals surface area contributed by atoms with E-state index in [2.05, 4.69) is 5.32 Å². The minimum Gasteiger partial charge on any atom is -0.384 e. The van der Waals surface area contributed by atoms with E-state index >= 15 is 0 Å². The Morgan fingerprint density at radius 1 is 1.42 bits per heavy atom. The number of hydrogen-bond donors (Lipinski definition) is 2. The molecule has 5 heteroatoms. The number of carbonyl (C=O) groups is 2. The molecule has 2 N–H and O–H groups in total. The molecule has 19 heavy (non-hydrogen) atoms. The van der Waals surface area contributed by atoms with Crippen molar-refractivity contribution in [3.63, 3.8) is 0 Å². The molecule has 2 amide bonds. The number of anilines is 1. The molecular weight excluding hydrogens is 244 g/mol. The molecule has 5 nitrogen and oxygen atoms in total. The molecular formula is C14H18N2O3. The van der Waals surface area contributed by atoms with E-state index in [1.54, 1.807) is 4.90 Å². The number of rotatable bonds is 3. The molecule has 1 fully saturated rings. The maximum absolute atomic E-state index is 12.3. The molecule has 3 unspecified atom stereocenters. The average molecular weight is 262 g/mol. The van der Waals surface area contributed by atoms with Crippen LogP contribution in [0.15, 0.2) is 30.3 Å². The summed E-state index contributed by atoms with van der Waals surface area (Å²) in [7, 11) is 0. The first-order valence-corrected chi connectivity index (χ1v) is 6.37. The molecule has 1 aliphatic rings. The third-order valence-corrected chi connectivity index (χ3v) is 3.28. The molecule has 1 aromatic rings. The van der Waals surface area contributed by atoms with Crippen molar-refractivity contribution in [2.24, 2.45) is 0 Å². The van der Waals surface area contributed by atoms with Crippen LogP contribution in [0.2, 0.25) is 0 Å². The van der Waals surface area contributed by atoms with Gasteiger partial charge in [-0.05, 0) is 32.4 Å². The van der Waals surface area contributed by atoms with Crippen LogP contribution in [0.25, 0.3) is 0 Å². The summed E-state index contributed by atoms with van der Waals surface area (Å²) in [6.07, 6.45) is -0.555. The molecule has 1 saturated heterocycles. The highest BCUT2D eigenvalue weighted by Crippen LogP contribution is 2.26. The first-order valence-electron chi connectivity index (χ1n) is 6.37. The Labute approximate surface area is 112 Å². The van der Waals surface area contributed by atoms with Crippen LogP contribution >= 0.6 is 0 Å². The van der Waals surface area contributed by atoms with E-state index in [0.717, 1.165) is 5.69 Å². The summed E-state index contributed by atoms with van der Waals surface area (Å²) in [5.41, 5.74) is 0.828. The summed E-state index contributed by atoms with van der Waals surface area (Å²) in [4.78, 5) is 25.5. The van der Waals surface area contributed by atoms with Gasteiger partial charge in [0.25, 0.3) is 0 Å². The van der Waals surface area contributed by atoms with E-state index in [1.807, 2.05) is 37.3 Å². The number of aliphatic hydroxyl groups excluding tert-OH is 1. The van der Waals surface area contributed by atoms with Crippen LogP contribution in [0.3, 0.4) is 0 Å². The van der Waals surface area contributed by atoms with Gasteiger partial charge in [0, 0.05) is 11.7 Å². The Hall–Kier alpha value is -1.88. The lowest BCUT2D eigenvalue weighted by Gasteiger charge is -2.21. The van der Waals surface area contributed by atoms with Crippen molar-refractivity contribution in [1.29, 1.82) is 0 Å². The second kappa shape index (κ2) is 5.40. The quantitative estimate of drug-likeness (QED) is 0.841. The number of aliphatic hydroxyl groups is 1. The van der Waals surface area contributed by atoms with E-state index in [-0.39, 0.29) is 11.9 Å². The maximum Gasteiger partial charge on any atom is 0.249 e. The number of carbonyl (C=O) groups excluding carboxylic acids is 2. The fourth-order valence-electron chi connectivity index (χ4n) is 2.32. The fraction of sp³-hybridized carbons (Fsp3) is 0.429. The second-order valence-corrected chi connectivity index (χ2v) is 4.87. The first-order chi connectivity index (χ1) is 9.00. The second-order valence-electron chi connectivity index (χ2n) is 4.87. The Kier molecular flexibility index (Phi) is 3.85. The minimum atomic E-state index is -1.10. The molecule has 102 valence electrons. The standard InChI is InChI=1S/C14H18N2O3/c1-9-8-12(15-13(18)10(2)17)14(19)16(9)11-6-4-3-5-7-11/h3-7,9-10,12,17H,8H2,1-2H3,(H,15,18). The van der Waals surface area contributed by atoms with Gasteiger partial charge in [-0.3, -0.25) is 9.59 Å². The lowest BCUT2D eigenvalue weighted by molar-refractivity contribution is -0.131. The largest absolute Gasteiger partial charge is 0.384 e. The number of nitrogens with zero attached hydrogens (tertiary/aromatic N) is 1. The van der Waals surface area contributed by atoms with Gasteiger partial charge in [0.1, 0.15) is 12.1 Å². The van der Waals surface area contributed by atoms with Crippen molar-refractivity contribution in [1.82, 2.24) is 5.32 Å². The predicted octanol–water partition coefficient (Wildman–Crippen LogP) is 0.677. The highest BCUT2D eigenvalue weighted by Gasteiger charge is 2.39. The number of amides is 2. The summed E-state index contributed by atoms with van der Waals surface area (Å²) in [6, 6.07) is 8.84. The van der Waals surface area contributed by atoms with Crippen molar-refractivity contribution < 1.29 is 14.7 Å². The maximum atomic E-state index is 12.3. The summed E-state index contributed by atoms with van der Waals surface area (Å²) < 4.78 is 0. The molecule has 0 bridgehead atoms. The Morgan fingerprint density at radius 2 is 2.05 bits per heavy atom. The minimum absolute atomic E-state index is 0.0224. The zero-order valence-corrected chi connectivity index (χ0v) is 11.0. The summed E-state index contributed by atoms with van der Waals surface area (Å²) in [6.45, 7) is 3.33. The molecule has 0 radical (unpaired) electrons. The highest BCUT2D eigenvalue weighted by molar-refractivity contribution is 6.02. The normalized spacial score (nSPS) is 24.4. The summed E-state index contributed by atoms with van der Waals surface area (Å²) in [5.74, 6) is -0.645. The van der Waals surface area contributed by atoms with Crippen LogP contribution in [0.5, 0.6) is 0 Å². The Balaban J connectivity index is 2.13. The lowest BCUT2D eigenvalue weighted by atomic mass is 10.2. The van der Waals surface area contributed by atoms with Crippen LogP contribution in [0, 0.1) is 0 Å². The van der Waals surface area contributed by atoms with Gasteiger partial charge >= 0.3 is 0 Å². The monoisotopic (exact) mass is 262 g/mol. The fourth-order valence-corrected chi connectivity index (χ4v) is 2.32. The van der Waals surface area contributed by atoms with Gasteiger partial charge in [-0.25, -0.2) is 0 Å². The third kappa shape index (κ3) is 2.76. The van der Waals surface area contributed by atoms with Crippen molar-refractivity contribution >= 4 is 17.5 Å². The number of para-hydroxylation sites is 1. The number of benzene rings is 1. The van der Waals surface area contributed by atoms with Gasteiger partial charge in [0.15, 0.2) is 0 Å². The summed E-state index contributed by atoms with van der Waals surface area (Å²) in [5, 5.41) is 11.8. The molecule has 2 rings (SSSR count). The predicted molar refractivity (Wildman–Crippen MR) is 71.6 cm³/mol. The zero-order valence-electron chi connectivity index (χ0n) is 11.0. The van der Waals surface area contributed by atoms with E-state index in [1.165, 1.54) is 6.92 Å². The molecule has 3 atom stereocenters. The molecule has 0 aromatic heterocycles. The number of hydrogen-bond acceptors (Lipinski definition) is 3. The molecule has 0 saturated carbocycles. The molecule has 1 heterocycles. The van der Waals surface area contributed by atoms with E-state index < -0.39 is 18.1 Å². The molecule has 1 aliphatic heterocycles. The number of nitrogens with one attached hydrogen (secondary N) is 1. The summed E-state index contributed by atoms with van der Waals surface area (Å²) >= 11 is 0. The van der Waals surface area contributed by atoms with Crippen LogP contribution in [0.1, 0.15) is 20.3 Å². The molecule has 0 aliphatic carbocycles. The van der Waals surface area contributed by atoms with Crippen molar-refractivity contribution in [2.45, 2.75) is 38.5 Å². The van der Waals surface area contributed by atoms with E-state index in [9.17, 15) is 14.7 Å². The van der Waals surface area contributed by atoms with Gasteiger partial charge in [-0.2, -0.15) is 0 Å². The van der Waals surface area contributed by atoms with Crippen LogP contribution in [-0.4, -0.2) is 35.1 Å². The smallest absolute Gasteiger partial charge is 0.249 e. The van der Waals surface area contributed by atoms with Crippen LogP contribution in [-0.2, 0) is 9.59 Å². The van der Waals surface area contributed by atoms with Crippen molar-refractivity contribution in [2.75, 3.05) is 4.90 Å².